The van der Waals surface area contributed by atoms with Crippen molar-refractivity contribution in [3.8, 4) is 5.75 Å². The SMILES string of the molecule is Fc1cc(N2CCOc3cnc(NC4CCN(c5ccnc(C(F)(F)F)c5)CC4)nc32)cc(F)c1F. The number of piperidine rings is 1. The Balaban J connectivity index is 1.28. The standard InChI is InChI=1S/C23H20F6N6O/c24-16-9-15(10-17(25)20(16)26)35-7-8-36-18-12-31-22(33-21(18)35)32-13-2-5-34(6-3-13)14-1-4-30-19(11-14)23(27,28)29/h1,4,9-13H,2-3,5-8H2,(H,31,32,33). The molecule has 2 aromatic heterocycles. The van der Waals surface area contributed by atoms with Crippen LogP contribution in [0.15, 0.2) is 36.7 Å². The van der Waals surface area contributed by atoms with Crippen LogP contribution in [0.25, 0.3) is 0 Å². The summed E-state index contributed by atoms with van der Waals surface area (Å²) < 4.78 is 85.5. The quantitative estimate of drug-likeness (QED) is 0.395. The minimum absolute atomic E-state index is 0.0538. The van der Waals surface area contributed by atoms with E-state index in [1.54, 1.807) is 6.07 Å². The van der Waals surface area contributed by atoms with Gasteiger partial charge in [0.25, 0.3) is 0 Å². The maximum Gasteiger partial charge on any atom is 0.433 e. The Morgan fingerprint density at radius 1 is 0.944 bits per heavy atom. The minimum Gasteiger partial charge on any atom is -0.486 e. The van der Waals surface area contributed by atoms with E-state index in [9.17, 15) is 26.3 Å². The summed E-state index contributed by atoms with van der Waals surface area (Å²) >= 11 is 0. The highest BCUT2D eigenvalue weighted by Crippen LogP contribution is 2.36. The molecular formula is C23H20F6N6O. The maximum atomic E-state index is 13.8. The second-order valence-electron chi connectivity index (χ2n) is 8.41. The van der Waals surface area contributed by atoms with Gasteiger partial charge < -0.3 is 19.9 Å². The molecule has 36 heavy (non-hydrogen) atoms. The summed E-state index contributed by atoms with van der Waals surface area (Å²) in [6, 6.07) is 4.31. The van der Waals surface area contributed by atoms with E-state index in [0.29, 0.717) is 37.4 Å². The van der Waals surface area contributed by atoms with Crippen molar-refractivity contribution < 1.29 is 31.1 Å². The summed E-state index contributed by atoms with van der Waals surface area (Å²) in [5, 5.41) is 3.21. The molecule has 7 nitrogen and oxygen atoms in total. The zero-order valence-electron chi connectivity index (χ0n) is 18.7. The van der Waals surface area contributed by atoms with Crippen LogP contribution >= 0.6 is 0 Å². The van der Waals surface area contributed by atoms with Crippen LogP contribution < -0.4 is 19.9 Å². The van der Waals surface area contributed by atoms with Crippen molar-refractivity contribution in [2.45, 2.75) is 25.1 Å². The number of aromatic nitrogens is 3. The van der Waals surface area contributed by atoms with E-state index in [4.69, 9.17) is 4.74 Å². The van der Waals surface area contributed by atoms with Gasteiger partial charge in [-0.05, 0) is 25.0 Å². The summed E-state index contributed by atoms with van der Waals surface area (Å²) in [5.41, 5.74) is -0.396. The average Bonchev–Trinajstić information content (AvgIpc) is 2.86. The number of anilines is 4. The number of fused-ring (bicyclic) bond motifs is 1. The lowest BCUT2D eigenvalue weighted by molar-refractivity contribution is -0.141. The fourth-order valence-electron chi connectivity index (χ4n) is 4.26. The molecule has 0 aliphatic carbocycles. The first-order valence-electron chi connectivity index (χ1n) is 11.2. The summed E-state index contributed by atoms with van der Waals surface area (Å²) in [6.45, 7) is 1.46. The van der Waals surface area contributed by atoms with Gasteiger partial charge in [0, 0.05) is 48.8 Å². The van der Waals surface area contributed by atoms with Gasteiger partial charge in [-0.25, -0.2) is 18.2 Å². The number of halogens is 6. The molecule has 1 N–H and O–H groups in total. The highest BCUT2D eigenvalue weighted by atomic mass is 19.4. The third-order valence-corrected chi connectivity index (χ3v) is 6.07. The third-order valence-electron chi connectivity index (χ3n) is 6.07. The van der Waals surface area contributed by atoms with Crippen LogP contribution in [0, 0.1) is 17.5 Å². The number of pyridine rings is 1. The Kier molecular flexibility index (Phi) is 6.22. The molecule has 0 bridgehead atoms. The molecule has 5 rings (SSSR count). The second-order valence-corrected chi connectivity index (χ2v) is 8.41. The van der Waals surface area contributed by atoms with Crippen molar-refractivity contribution in [2.24, 2.45) is 0 Å². The van der Waals surface area contributed by atoms with Gasteiger partial charge in [0.1, 0.15) is 12.3 Å². The van der Waals surface area contributed by atoms with Gasteiger partial charge in [-0.2, -0.15) is 18.2 Å². The van der Waals surface area contributed by atoms with Gasteiger partial charge in [-0.15, -0.1) is 0 Å². The van der Waals surface area contributed by atoms with Crippen molar-refractivity contribution in [3.05, 3.63) is 59.8 Å². The number of benzene rings is 1. The van der Waals surface area contributed by atoms with Crippen LogP contribution in [-0.2, 0) is 6.18 Å². The summed E-state index contributed by atoms with van der Waals surface area (Å²) in [7, 11) is 0. The lowest BCUT2D eigenvalue weighted by Crippen LogP contribution is -2.39. The molecule has 0 saturated carbocycles. The van der Waals surface area contributed by atoms with E-state index in [1.807, 2.05) is 4.90 Å². The van der Waals surface area contributed by atoms with Crippen LogP contribution in [0.2, 0.25) is 0 Å². The third kappa shape index (κ3) is 4.82. The lowest BCUT2D eigenvalue weighted by atomic mass is 10.0. The number of ether oxygens (including phenoxy) is 1. The number of alkyl halides is 3. The summed E-state index contributed by atoms with van der Waals surface area (Å²) in [5.74, 6) is -3.33. The zero-order chi connectivity index (χ0) is 25.4. The Morgan fingerprint density at radius 3 is 2.36 bits per heavy atom. The lowest BCUT2D eigenvalue weighted by Gasteiger charge is -2.34. The van der Waals surface area contributed by atoms with Crippen LogP contribution in [0.3, 0.4) is 0 Å². The minimum atomic E-state index is -4.51. The van der Waals surface area contributed by atoms with Crippen molar-refractivity contribution >= 4 is 23.1 Å². The van der Waals surface area contributed by atoms with E-state index in [0.717, 1.165) is 24.4 Å². The van der Waals surface area contributed by atoms with Gasteiger partial charge in [0.2, 0.25) is 5.95 Å². The molecule has 0 unspecified atom stereocenters. The van der Waals surface area contributed by atoms with Crippen molar-refractivity contribution in [2.75, 3.05) is 41.4 Å². The molecule has 0 spiro atoms. The molecule has 2 aliphatic rings. The molecule has 0 amide bonds. The molecule has 0 atom stereocenters. The van der Waals surface area contributed by atoms with Gasteiger partial charge >= 0.3 is 6.18 Å². The van der Waals surface area contributed by atoms with E-state index >= 15 is 0 Å². The normalized spacial score (nSPS) is 16.5. The molecule has 3 aromatic rings. The number of nitrogens with one attached hydrogen (secondary N) is 1. The zero-order valence-corrected chi connectivity index (χ0v) is 18.7. The molecule has 13 heteroatoms. The highest BCUT2D eigenvalue weighted by Gasteiger charge is 2.33. The van der Waals surface area contributed by atoms with E-state index in [-0.39, 0.29) is 36.6 Å². The molecule has 0 radical (unpaired) electrons. The average molecular weight is 510 g/mol. The summed E-state index contributed by atoms with van der Waals surface area (Å²) in [6.07, 6.45) is -0.700. The van der Waals surface area contributed by atoms with Crippen LogP contribution in [0.1, 0.15) is 18.5 Å². The number of rotatable bonds is 4. The predicted octanol–water partition coefficient (Wildman–Crippen LogP) is 4.92. The van der Waals surface area contributed by atoms with E-state index in [2.05, 4.69) is 20.3 Å². The fraction of sp³-hybridized carbons (Fsp3) is 0.348. The molecule has 190 valence electrons. The van der Waals surface area contributed by atoms with Gasteiger partial charge in [0.05, 0.1) is 12.7 Å². The largest absolute Gasteiger partial charge is 0.486 e. The van der Waals surface area contributed by atoms with Crippen molar-refractivity contribution in [1.29, 1.82) is 0 Å². The van der Waals surface area contributed by atoms with E-state index < -0.39 is 29.3 Å². The first-order valence-corrected chi connectivity index (χ1v) is 11.2. The maximum absolute atomic E-state index is 13.8. The molecule has 4 heterocycles. The molecule has 2 aliphatic heterocycles. The number of hydrogen-bond acceptors (Lipinski definition) is 7. The van der Waals surface area contributed by atoms with Crippen molar-refractivity contribution in [1.82, 2.24) is 15.0 Å². The Labute approximate surface area is 201 Å². The Bertz CT molecular complexity index is 1240. The predicted molar refractivity (Wildman–Crippen MR) is 119 cm³/mol. The van der Waals surface area contributed by atoms with Gasteiger partial charge in [-0.3, -0.25) is 4.98 Å². The fourth-order valence-corrected chi connectivity index (χ4v) is 4.26. The topological polar surface area (TPSA) is 66.4 Å². The molecule has 1 fully saturated rings. The number of nitrogens with zero attached hydrogens (tertiary/aromatic N) is 5. The van der Waals surface area contributed by atoms with Crippen LogP contribution in [0.5, 0.6) is 5.75 Å². The smallest absolute Gasteiger partial charge is 0.433 e. The monoisotopic (exact) mass is 510 g/mol. The van der Waals surface area contributed by atoms with E-state index in [1.165, 1.54) is 11.1 Å². The second kappa shape index (κ2) is 9.36. The summed E-state index contributed by atoms with van der Waals surface area (Å²) in [4.78, 5) is 15.5. The van der Waals surface area contributed by atoms with Crippen LogP contribution in [0.4, 0.5) is 49.5 Å². The van der Waals surface area contributed by atoms with Crippen molar-refractivity contribution in [3.63, 3.8) is 0 Å². The van der Waals surface area contributed by atoms with Gasteiger partial charge in [-0.1, -0.05) is 0 Å². The van der Waals surface area contributed by atoms with Gasteiger partial charge in [0.15, 0.2) is 29.0 Å². The first-order chi connectivity index (χ1) is 17.2. The highest BCUT2D eigenvalue weighted by molar-refractivity contribution is 5.67. The molecular weight excluding hydrogens is 490 g/mol. The molecule has 1 saturated heterocycles. The Morgan fingerprint density at radius 2 is 1.67 bits per heavy atom. The molecule has 1 aromatic carbocycles. The first kappa shape index (κ1) is 23.9. The number of hydrogen-bond donors (Lipinski definition) is 1. The van der Waals surface area contributed by atoms with Crippen LogP contribution in [-0.4, -0.2) is 47.2 Å². The Hall–Kier alpha value is -3.77.